The predicted molar refractivity (Wildman–Crippen MR) is 207 cm³/mol. The van der Waals surface area contributed by atoms with Gasteiger partial charge in [0, 0.05) is 30.9 Å². The molecule has 0 fully saturated rings. The van der Waals surface area contributed by atoms with Gasteiger partial charge in [0.15, 0.2) is 0 Å². The van der Waals surface area contributed by atoms with E-state index >= 15 is 0 Å². The molecule has 222 valence electrons. The second kappa shape index (κ2) is 9.78. The Balaban J connectivity index is 1.17. The van der Waals surface area contributed by atoms with E-state index in [0.29, 0.717) is 0 Å². The molecule has 0 atom stereocenters. The van der Waals surface area contributed by atoms with Gasteiger partial charge >= 0.3 is 0 Å². The highest BCUT2D eigenvalue weighted by atomic mass is 32.1. The number of fused-ring (bicyclic) bond motifs is 5. The van der Waals surface area contributed by atoms with Gasteiger partial charge in [-0.3, -0.25) is 0 Å². The van der Waals surface area contributed by atoms with Crippen LogP contribution in [-0.4, -0.2) is 0 Å². The van der Waals surface area contributed by atoms with Gasteiger partial charge in [0.25, 0.3) is 0 Å². The molecule has 0 aliphatic carbocycles. The highest BCUT2D eigenvalue weighted by molar-refractivity contribution is 7.25. The summed E-state index contributed by atoms with van der Waals surface area (Å²) in [5.41, 5.74) is 9.43. The van der Waals surface area contributed by atoms with Crippen LogP contribution < -0.4 is 0 Å². The second-order valence-corrected chi connectivity index (χ2v) is 13.8. The summed E-state index contributed by atoms with van der Waals surface area (Å²) in [6.45, 7) is 0. The lowest BCUT2D eigenvalue weighted by Crippen LogP contribution is -1.92. The van der Waals surface area contributed by atoms with Crippen molar-refractivity contribution in [3.05, 3.63) is 158 Å². The van der Waals surface area contributed by atoms with Crippen LogP contribution in [0.1, 0.15) is 0 Å². The Hall–Kier alpha value is -5.96. The molecule has 2 heterocycles. The summed E-state index contributed by atoms with van der Waals surface area (Å²) in [5.74, 6) is 0. The Morgan fingerprint density at radius 1 is 0.354 bits per heavy atom. The first-order chi connectivity index (χ1) is 23.8. The molecule has 0 aliphatic rings. The normalized spacial score (nSPS) is 12.2. The van der Waals surface area contributed by atoms with Crippen LogP contribution in [-0.2, 0) is 0 Å². The minimum Gasteiger partial charge on any atom is -0.456 e. The fourth-order valence-corrected chi connectivity index (χ4v) is 9.37. The molecule has 0 saturated carbocycles. The summed E-state index contributed by atoms with van der Waals surface area (Å²) < 4.78 is 9.00. The standard InChI is InChI=1S/C46H26OS/c1-3-13-33-31(11-1)42(28-24-22-27(23-25-28)30-16-9-21-41-45(30)36-15-5-6-20-40(36)48-41)32-12-2-4-14-34(32)44(33)37-26-29-10-7-18-38-43(29)46-35(37)17-8-19-39(46)47-38/h1-26H. The van der Waals surface area contributed by atoms with Crippen LogP contribution in [0.2, 0.25) is 0 Å². The molecule has 48 heavy (non-hydrogen) atoms. The lowest BCUT2D eigenvalue weighted by molar-refractivity contribution is 0.669. The first kappa shape index (κ1) is 26.1. The lowest BCUT2D eigenvalue weighted by Gasteiger charge is -2.19. The van der Waals surface area contributed by atoms with E-state index < -0.39 is 0 Å². The Morgan fingerprint density at radius 2 is 0.917 bits per heavy atom. The van der Waals surface area contributed by atoms with Crippen molar-refractivity contribution in [1.29, 1.82) is 0 Å². The van der Waals surface area contributed by atoms with Crippen molar-refractivity contribution in [2.75, 3.05) is 0 Å². The van der Waals surface area contributed by atoms with Crippen molar-refractivity contribution >= 4 is 85.8 Å². The molecule has 0 N–H and O–H groups in total. The maximum atomic E-state index is 6.34. The van der Waals surface area contributed by atoms with Gasteiger partial charge in [0.2, 0.25) is 0 Å². The molecular formula is C46H26OS. The highest BCUT2D eigenvalue weighted by Crippen LogP contribution is 2.49. The molecular weight excluding hydrogens is 601 g/mol. The quantitative estimate of drug-likeness (QED) is 0.140. The molecule has 2 heteroatoms. The van der Waals surface area contributed by atoms with Gasteiger partial charge in [-0.25, -0.2) is 0 Å². The molecule has 1 nitrogen and oxygen atoms in total. The van der Waals surface area contributed by atoms with Gasteiger partial charge in [0.05, 0.1) is 0 Å². The van der Waals surface area contributed by atoms with Crippen molar-refractivity contribution in [3.8, 4) is 33.4 Å². The maximum Gasteiger partial charge on any atom is 0.136 e. The molecule has 0 bridgehead atoms. The SMILES string of the molecule is c1cc2cc(-c3c4ccccc4c(-c4ccc(-c5cccc6sc7ccccc7c56)cc4)c4ccccc34)c3cccc4oc(c1)c2c43. The number of benzene rings is 9. The minimum absolute atomic E-state index is 0.942. The Bertz CT molecular complexity index is 2990. The summed E-state index contributed by atoms with van der Waals surface area (Å²) in [4.78, 5) is 0. The van der Waals surface area contributed by atoms with Crippen molar-refractivity contribution in [3.63, 3.8) is 0 Å². The third-order valence-electron chi connectivity index (χ3n) is 10.2. The molecule has 0 radical (unpaired) electrons. The van der Waals surface area contributed by atoms with Crippen LogP contribution in [0.25, 0.3) is 108 Å². The van der Waals surface area contributed by atoms with Crippen LogP contribution in [0, 0.1) is 0 Å². The molecule has 2 aromatic heterocycles. The van der Waals surface area contributed by atoms with E-state index in [2.05, 4.69) is 158 Å². The van der Waals surface area contributed by atoms with Crippen LogP contribution in [0.3, 0.4) is 0 Å². The third kappa shape index (κ3) is 3.55. The summed E-state index contributed by atoms with van der Waals surface area (Å²) in [5, 5.41) is 12.6. The molecule has 0 saturated heterocycles. The van der Waals surface area contributed by atoms with Crippen LogP contribution in [0.5, 0.6) is 0 Å². The van der Waals surface area contributed by atoms with Gasteiger partial charge in [-0.05, 0) is 96.0 Å². The van der Waals surface area contributed by atoms with Gasteiger partial charge in [-0.15, -0.1) is 11.3 Å². The monoisotopic (exact) mass is 626 g/mol. The van der Waals surface area contributed by atoms with Crippen molar-refractivity contribution < 1.29 is 4.42 Å². The summed E-state index contributed by atoms with van der Waals surface area (Å²) >= 11 is 1.87. The Kier molecular flexibility index (Phi) is 5.32. The average molecular weight is 627 g/mol. The largest absolute Gasteiger partial charge is 0.456 e. The zero-order chi connectivity index (χ0) is 31.3. The molecule has 0 spiro atoms. The van der Waals surface area contributed by atoms with E-state index in [1.807, 2.05) is 11.3 Å². The topological polar surface area (TPSA) is 13.1 Å². The van der Waals surface area contributed by atoms with Crippen molar-refractivity contribution in [1.82, 2.24) is 0 Å². The van der Waals surface area contributed by atoms with E-state index in [-0.39, 0.29) is 0 Å². The molecule has 0 unspecified atom stereocenters. The van der Waals surface area contributed by atoms with E-state index in [1.165, 1.54) is 96.6 Å². The minimum atomic E-state index is 0.942. The van der Waals surface area contributed by atoms with E-state index in [9.17, 15) is 0 Å². The predicted octanol–water partition coefficient (Wildman–Crippen LogP) is 13.9. The fraction of sp³-hybridized carbons (Fsp3) is 0. The van der Waals surface area contributed by atoms with Crippen LogP contribution in [0.4, 0.5) is 0 Å². The molecule has 0 amide bonds. The molecule has 11 rings (SSSR count). The second-order valence-electron chi connectivity index (χ2n) is 12.8. The molecule has 0 aliphatic heterocycles. The Morgan fingerprint density at radius 3 is 1.67 bits per heavy atom. The number of hydrogen-bond acceptors (Lipinski definition) is 2. The first-order valence-electron chi connectivity index (χ1n) is 16.4. The van der Waals surface area contributed by atoms with Gasteiger partial charge < -0.3 is 4.42 Å². The lowest BCUT2D eigenvalue weighted by atomic mass is 9.83. The molecule has 11 aromatic rings. The fourth-order valence-electron chi connectivity index (χ4n) is 8.24. The number of hydrogen-bond donors (Lipinski definition) is 0. The van der Waals surface area contributed by atoms with E-state index in [4.69, 9.17) is 4.42 Å². The average Bonchev–Trinajstić information content (AvgIpc) is 3.72. The van der Waals surface area contributed by atoms with Crippen LogP contribution >= 0.6 is 11.3 Å². The van der Waals surface area contributed by atoms with Crippen molar-refractivity contribution in [2.45, 2.75) is 0 Å². The zero-order valence-corrected chi connectivity index (χ0v) is 26.6. The van der Waals surface area contributed by atoms with Gasteiger partial charge in [-0.2, -0.15) is 0 Å². The smallest absolute Gasteiger partial charge is 0.136 e. The van der Waals surface area contributed by atoms with Crippen LogP contribution in [0.15, 0.2) is 162 Å². The van der Waals surface area contributed by atoms with Gasteiger partial charge in [-0.1, -0.05) is 127 Å². The zero-order valence-electron chi connectivity index (χ0n) is 25.8. The third-order valence-corrected chi connectivity index (χ3v) is 11.4. The summed E-state index contributed by atoms with van der Waals surface area (Å²) in [6, 6.07) is 57.8. The first-order valence-corrected chi connectivity index (χ1v) is 17.2. The maximum absolute atomic E-state index is 6.34. The van der Waals surface area contributed by atoms with E-state index in [0.717, 1.165) is 11.2 Å². The van der Waals surface area contributed by atoms with Gasteiger partial charge in [0.1, 0.15) is 11.2 Å². The summed E-state index contributed by atoms with van der Waals surface area (Å²) in [6.07, 6.45) is 0. The van der Waals surface area contributed by atoms with Crippen molar-refractivity contribution in [2.24, 2.45) is 0 Å². The number of rotatable bonds is 3. The Labute approximate surface area is 280 Å². The number of furan rings is 1. The van der Waals surface area contributed by atoms with E-state index in [1.54, 1.807) is 0 Å². The summed E-state index contributed by atoms with van der Waals surface area (Å²) in [7, 11) is 0. The molecule has 9 aromatic carbocycles. The highest BCUT2D eigenvalue weighted by Gasteiger charge is 2.21. The number of thiophene rings is 1.